The van der Waals surface area contributed by atoms with Gasteiger partial charge in [-0.1, -0.05) is 73.5 Å². The van der Waals surface area contributed by atoms with Crippen LogP contribution in [0.5, 0.6) is 0 Å². The highest BCUT2D eigenvalue weighted by Crippen LogP contribution is 2.44. The van der Waals surface area contributed by atoms with Crippen molar-refractivity contribution in [3.63, 3.8) is 0 Å². The lowest BCUT2D eigenvalue weighted by molar-refractivity contribution is -0.142. The number of carbonyl (C=O) groups excluding carboxylic acids is 2. The first-order valence-electron chi connectivity index (χ1n) is 12.3. The molecular formula is C28H30N2O5. The summed E-state index contributed by atoms with van der Waals surface area (Å²) in [7, 11) is 0. The van der Waals surface area contributed by atoms with Crippen LogP contribution in [-0.4, -0.2) is 41.3 Å². The Morgan fingerprint density at radius 2 is 1.60 bits per heavy atom. The molecule has 1 saturated carbocycles. The van der Waals surface area contributed by atoms with Crippen LogP contribution in [0.25, 0.3) is 11.1 Å². The Labute approximate surface area is 204 Å². The Balaban J connectivity index is 1.24. The van der Waals surface area contributed by atoms with E-state index >= 15 is 0 Å². The first-order chi connectivity index (χ1) is 17.0. The van der Waals surface area contributed by atoms with Crippen molar-refractivity contribution in [2.24, 2.45) is 5.92 Å². The lowest BCUT2D eigenvalue weighted by Crippen LogP contribution is -2.59. The van der Waals surface area contributed by atoms with Gasteiger partial charge in [0.1, 0.15) is 12.1 Å². The van der Waals surface area contributed by atoms with Gasteiger partial charge in [-0.2, -0.15) is 0 Å². The van der Waals surface area contributed by atoms with Gasteiger partial charge in [-0.25, -0.2) is 4.79 Å². The van der Waals surface area contributed by atoms with E-state index in [0.29, 0.717) is 25.7 Å². The Bertz CT molecular complexity index is 1120. The smallest absolute Gasteiger partial charge is 0.408 e. The van der Waals surface area contributed by atoms with Gasteiger partial charge >= 0.3 is 12.1 Å². The molecule has 0 aliphatic heterocycles. The second kappa shape index (κ2) is 9.56. The molecule has 2 amide bonds. The zero-order chi connectivity index (χ0) is 24.4. The van der Waals surface area contributed by atoms with E-state index in [1.165, 1.54) is 0 Å². The summed E-state index contributed by atoms with van der Waals surface area (Å²) in [5.41, 5.74) is 3.54. The van der Waals surface area contributed by atoms with Gasteiger partial charge in [0.15, 0.2) is 0 Å². The fraction of sp³-hybridized carbons (Fsp3) is 0.393. The van der Waals surface area contributed by atoms with Crippen LogP contribution < -0.4 is 10.6 Å². The van der Waals surface area contributed by atoms with Crippen LogP contribution in [0.3, 0.4) is 0 Å². The van der Waals surface area contributed by atoms with Crippen LogP contribution in [0, 0.1) is 5.92 Å². The molecule has 2 aromatic carbocycles. The molecule has 2 aromatic rings. The average Bonchev–Trinajstić information content (AvgIpc) is 3.46. The summed E-state index contributed by atoms with van der Waals surface area (Å²) in [5.74, 6) is -1.70. The van der Waals surface area contributed by atoms with Crippen molar-refractivity contribution in [3.05, 3.63) is 71.8 Å². The molecule has 1 fully saturated rings. The minimum Gasteiger partial charge on any atom is -0.481 e. The highest BCUT2D eigenvalue weighted by molar-refractivity contribution is 5.90. The van der Waals surface area contributed by atoms with Crippen molar-refractivity contribution in [2.45, 2.75) is 56.0 Å². The fourth-order valence-corrected chi connectivity index (χ4v) is 5.72. The molecule has 0 radical (unpaired) electrons. The Morgan fingerprint density at radius 3 is 2.23 bits per heavy atom. The first-order valence-corrected chi connectivity index (χ1v) is 12.3. The lowest BCUT2D eigenvalue weighted by Gasteiger charge is -2.32. The zero-order valence-corrected chi connectivity index (χ0v) is 19.5. The maximum Gasteiger partial charge on any atom is 0.408 e. The van der Waals surface area contributed by atoms with Crippen molar-refractivity contribution in [2.75, 3.05) is 6.61 Å². The second-order valence-electron chi connectivity index (χ2n) is 9.75. The number of alkyl carbamates (subject to hydrolysis) is 1. The predicted molar refractivity (Wildman–Crippen MR) is 131 cm³/mol. The van der Waals surface area contributed by atoms with Gasteiger partial charge in [0.2, 0.25) is 5.91 Å². The van der Waals surface area contributed by atoms with Crippen LogP contribution >= 0.6 is 0 Å². The number of rotatable bonds is 6. The lowest BCUT2D eigenvalue weighted by atomic mass is 9.89. The largest absolute Gasteiger partial charge is 0.481 e. The van der Waals surface area contributed by atoms with Gasteiger partial charge in [-0.05, 0) is 47.9 Å². The molecule has 0 aromatic heterocycles. The molecule has 3 aliphatic rings. The molecule has 3 aliphatic carbocycles. The van der Waals surface area contributed by atoms with Crippen LogP contribution in [0.2, 0.25) is 0 Å². The molecule has 35 heavy (non-hydrogen) atoms. The van der Waals surface area contributed by atoms with Crippen LogP contribution in [0.1, 0.15) is 55.6 Å². The van der Waals surface area contributed by atoms with Gasteiger partial charge in [0.25, 0.3) is 0 Å². The third-order valence-electron chi connectivity index (χ3n) is 7.57. The third-order valence-corrected chi connectivity index (χ3v) is 7.57. The van der Waals surface area contributed by atoms with Crippen molar-refractivity contribution >= 4 is 18.0 Å². The summed E-state index contributed by atoms with van der Waals surface area (Å²) >= 11 is 0. The number of aliphatic carboxylic acids is 1. The zero-order valence-electron chi connectivity index (χ0n) is 19.5. The van der Waals surface area contributed by atoms with E-state index in [4.69, 9.17) is 4.74 Å². The van der Waals surface area contributed by atoms with E-state index in [0.717, 1.165) is 35.1 Å². The molecular weight excluding hydrogens is 444 g/mol. The van der Waals surface area contributed by atoms with Gasteiger partial charge in [0, 0.05) is 12.0 Å². The molecule has 182 valence electrons. The highest BCUT2D eigenvalue weighted by Gasteiger charge is 2.44. The summed E-state index contributed by atoms with van der Waals surface area (Å²) in [5, 5.41) is 15.2. The van der Waals surface area contributed by atoms with Crippen LogP contribution in [0.15, 0.2) is 60.7 Å². The second-order valence-corrected chi connectivity index (χ2v) is 9.75. The Morgan fingerprint density at radius 1 is 0.971 bits per heavy atom. The molecule has 0 heterocycles. The van der Waals surface area contributed by atoms with Gasteiger partial charge in [0.05, 0.1) is 5.92 Å². The minimum absolute atomic E-state index is 0.0539. The number of carboxylic acid groups (broad SMARTS) is 1. The normalized spacial score (nSPS) is 22.2. The minimum atomic E-state index is -1.04. The Hall–Kier alpha value is -3.61. The van der Waals surface area contributed by atoms with E-state index in [1.807, 2.05) is 30.3 Å². The van der Waals surface area contributed by atoms with Crippen molar-refractivity contribution in [3.8, 4) is 11.1 Å². The predicted octanol–water partition coefficient (Wildman–Crippen LogP) is 4.37. The number of ether oxygens (including phenoxy) is 1. The molecule has 2 unspecified atom stereocenters. The van der Waals surface area contributed by atoms with Gasteiger partial charge < -0.3 is 20.5 Å². The number of nitrogens with one attached hydrogen (secondary N) is 2. The maximum atomic E-state index is 13.3. The summed E-state index contributed by atoms with van der Waals surface area (Å²) in [6.45, 7) is 0.184. The number of amides is 2. The van der Waals surface area contributed by atoms with E-state index in [1.54, 1.807) is 6.08 Å². The number of hydrogen-bond donors (Lipinski definition) is 3. The van der Waals surface area contributed by atoms with Gasteiger partial charge in [-0.15, -0.1) is 0 Å². The maximum absolute atomic E-state index is 13.3. The summed E-state index contributed by atoms with van der Waals surface area (Å²) in [6.07, 6.45) is 6.56. The van der Waals surface area contributed by atoms with Crippen LogP contribution in [0.4, 0.5) is 4.79 Å². The number of benzene rings is 2. The quantitative estimate of drug-likeness (QED) is 0.539. The SMILES string of the molecule is O=C(NC1(C(=O)NC2C=CCC(C(=O)O)C2)CCCC1)OCC1c2ccccc2-c2ccccc21. The molecule has 7 heteroatoms. The topological polar surface area (TPSA) is 105 Å². The number of carboxylic acids is 1. The van der Waals surface area contributed by atoms with E-state index in [2.05, 4.69) is 34.9 Å². The Kier molecular flexibility index (Phi) is 6.32. The van der Waals surface area contributed by atoms with E-state index in [-0.39, 0.29) is 24.5 Å². The van der Waals surface area contributed by atoms with Crippen molar-refractivity contribution in [1.29, 1.82) is 0 Å². The number of fused-ring (bicyclic) bond motifs is 3. The molecule has 0 spiro atoms. The number of carbonyl (C=O) groups is 3. The number of hydrogen-bond acceptors (Lipinski definition) is 4. The molecule has 2 atom stereocenters. The fourth-order valence-electron chi connectivity index (χ4n) is 5.72. The summed E-state index contributed by atoms with van der Waals surface area (Å²) < 4.78 is 5.69. The van der Waals surface area contributed by atoms with Crippen molar-refractivity contribution in [1.82, 2.24) is 10.6 Å². The molecule has 3 N–H and O–H groups in total. The van der Waals surface area contributed by atoms with E-state index in [9.17, 15) is 19.5 Å². The van der Waals surface area contributed by atoms with Gasteiger partial charge in [-0.3, -0.25) is 9.59 Å². The molecule has 7 nitrogen and oxygen atoms in total. The summed E-state index contributed by atoms with van der Waals surface area (Å²) in [4.78, 5) is 37.6. The average molecular weight is 475 g/mol. The first kappa shape index (κ1) is 23.1. The third kappa shape index (κ3) is 4.55. The monoisotopic (exact) mass is 474 g/mol. The van der Waals surface area contributed by atoms with Crippen LogP contribution in [-0.2, 0) is 14.3 Å². The molecule has 0 bridgehead atoms. The summed E-state index contributed by atoms with van der Waals surface area (Å²) in [6, 6.07) is 15.9. The van der Waals surface area contributed by atoms with Crippen molar-refractivity contribution < 1.29 is 24.2 Å². The number of allylic oxidation sites excluding steroid dienone is 1. The molecule has 5 rings (SSSR count). The standard InChI is InChI=1S/C28H30N2O5/c31-25(32)18-8-7-9-19(16-18)29-26(33)28(14-5-6-15-28)30-27(34)35-17-24-22-12-3-1-10-20(22)21-11-2-4-13-23(21)24/h1-4,7,9-13,18-19,24H,5-6,8,14-17H2,(H,29,33)(H,30,34)(H,31,32). The highest BCUT2D eigenvalue weighted by atomic mass is 16.5. The van der Waals surface area contributed by atoms with E-state index < -0.39 is 23.5 Å². The molecule has 0 saturated heterocycles.